The quantitative estimate of drug-likeness (QED) is 0.848. The van der Waals surface area contributed by atoms with Crippen molar-refractivity contribution < 1.29 is 9.84 Å². The van der Waals surface area contributed by atoms with Gasteiger partial charge in [0.25, 0.3) is 0 Å². The Bertz CT molecular complexity index is 345. The second-order valence-corrected chi connectivity index (χ2v) is 4.94. The zero-order valence-corrected chi connectivity index (χ0v) is 10.1. The van der Waals surface area contributed by atoms with Crippen molar-refractivity contribution >= 4 is 0 Å². The van der Waals surface area contributed by atoms with E-state index >= 15 is 0 Å². The van der Waals surface area contributed by atoms with E-state index in [1.807, 2.05) is 32.0 Å². The maximum Gasteiger partial charge on any atom is 0.125 e. The summed E-state index contributed by atoms with van der Waals surface area (Å²) >= 11 is 0. The molecular formula is C14H20O2. The molecule has 2 nitrogen and oxygen atoms in total. The lowest BCUT2D eigenvalue weighted by Gasteiger charge is -2.23. The number of aryl methyl sites for hydroxylation is 2. The van der Waals surface area contributed by atoms with Crippen LogP contribution in [0.15, 0.2) is 18.2 Å². The van der Waals surface area contributed by atoms with Crippen molar-refractivity contribution in [2.45, 2.75) is 45.1 Å². The van der Waals surface area contributed by atoms with Gasteiger partial charge in [-0.3, -0.25) is 0 Å². The molecule has 0 saturated heterocycles. The van der Waals surface area contributed by atoms with Gasteiger partial charge in [0.2, 0.25) is 0 Å². The molecule has 88 valence electrons. The highest BCUT2D eigenvalue weighted by Crippen LogP contribution is 2.31. The lowest BCUT2D eigenvalue weighted by Crippen LogP contribution is -2.32. The third kappa shape index (κ3) is 2.38. The van der Waals surface area contributed by atoms with Crippen LogP contribution in [0, 0.1) is 13.8 Å². The predicted molar refractivity (Wildman–Crippen MR) is 64.8 cm³/mol. The Kier molecular flexibility index (Phi) is 3.20. The summed E-state index contributed by atoms with van der Waals surface area (Å²) in [6.45, 7) is 4.51. The lowest BCUT2D eigenvalue weighted by molar-refractivity contribution is 0.00103. The van der Waals surface area contributed by atoms with Gasteiger partial charge in [-0.15, -0.1) is 0 Å². The van der Waals surface area contributed by atoms with Gasteiger partial charge in [-0.05, 0) is 37.8 Å². The minimum Gasteiger partial charge on any atom is -0.490 e. The largest absolute Gasteiger partial charge is 0.490 e. The van der Waals surface area contributed by atoms with E-state index in [9.17, 15) is 5.11 Å². The fourth-order valence-electron chi connectivity index (χ4n) is 2.41. The monoisotopic (exact) mass is 220 g/mol. The third-order valence-corrected chi connectivity index (χ3v) is 3.43. The van der Waals surface area contributed by atoms with Gasteiger partial charge in [0, 0.05) is 0 Å². The molecule has 0 spiro atoms. The summed E-state index contributed by atoms with van der Waals surface area (Å²) in [5.74, 6) is 0.933. The summed E-state index contributed by atoms with van der Waals surface area (Å²) in [7, 11) is 0. The molecule has 0 unspecified atom stereocenters. The lowest BCUT2D eigenvalue weighted by atomic mass is 10.0. The first-order chi connectivity index (χ1) is 7.61. The molecule has 1 aliphatic rings. The molecule has 1 aromatic rings. The summed E-state index contributed by atoms with van der Waals surface area (Å²) in [6.07, 6.45) is 3.98. The van der Waals surface area contributed by atoms with E-state index in [-0.39, 0.29) is 0 Å². The second-order valence-electron chi connectivity index (χ2n) is 4.94. The van der Waals surface area contributed by atoms with Crippen molar-refractivity contribution in [3.05, 3.63) is 29.3 Å². The Morgan fingerprint density at radius 2 is 1.75 bits per heavy atom. The van der Waals surface area contributed by atoms with Crippen LogP contribution in [0.2, 0.25) is 0 Å². The number of hydrogen-bond donors (Lipinski definition) is 1. The summed E-state index contributed by atoms with van der Waals surface area (Å²) in [5, 5.41) is 10.2. The number of aliphatic hydroxyl groups is 1. The summed E-state index contributed by atoms with van der Waals surface area (Å²) in [6, 6.07) is 6.11. The van der Waals surface area contributed by atoms with Crippen LogP contribution in [0.25, 0.3) is 0 Å². The van der Waals surface area contributed by atoms with Gasteiger partial charge < -0.3 is 9.84 Å². The van der Waals surface area contributed by atoms with Gasteiger partial charge >= 0.3 is 0 Å². The van der Waals surface area contributed by atoms with Gasteiger partial charge in [0.05, 0.1) is 5.60 Å². The average molecular weight is 220 g/mol. The number of ether oxygens (including phenoxy) is 1. The fourth-order valence-corrected chi connectivity index (χ4v) is 2.41. The van der Waals surface area contributed by atoms with E-state index in [2.05, 4.69) is 0 Å². The van der Waals surface area contributed by atoms with Crippen molar-refractivity contribution in [1.82, 2.24) is 0 Å². The summed E-state index contributed by atoms with van der Waals surface area (Å²) < 4.78 is 5.80. The van der Waals surface area contributed by atoms with E-state index < -0.39 is 5.60 Å². The summed E-state index contributed by atoms with van der Waals surface area (Å²) in [4.78, 5) is 0. The zero-order valence-electron chi connectivity index (χ0n) is 10.1. The molecule has 1 saturated carbocycles. The standard InChI is InChI=1S/C14H20O2/c1-11-6-5-7-12(2)13(11)16-10-14(15)8-3-4-9-14/h5-7,15H,3-4,8-10H2,1-2H3. The van der Waals surface area contributed by atoms with E-state index in [1.54, 1.807) is 0 Å². The van der Waals surface area contributed by atoms with Crippen LogP contribution in [0.3, 0.4) is 0 Å². The van der Waals surface area contributed by atoms with Crippen LogP contribution >= 0.6 is 0 Å². The van der Waals surface area contributed by atoms with Crippen molar-refractivity contribution in [2.75, 3.05) is 6.61 Å². The van der Waals surface area contributed by atoms with Crippen LogP contribution in [-0.4, -0.2) is 17.3 Å². The first-order valence-corrected chi connectivity index (χ1v) is 6.02. The van der Waals surface area contributed by atoms with Crippen molar-refractivity contribution in [3.8, 4) is 5.75 Å². The smallest absolute Gasteiger partial charge is 0.125 e. The van der Waals surface area contributed by atoms with E-state index in [1.165, 1.54) is 0 Å². The second kappa shape index (κ2) is 4.46. The number of benzene rings is 1. The molecule has 0 atom stereocenters. The van der Waals surface area contributed by atoms with Gasteiger partial charge in [0.1, 0.15) is 12.4 Å². The van der Waals surface area contributed by atoms with Crippen LogP contribution in [0.1, 0.15) is 36.8 Å². The van der Waals surface area contributed by atoms with E-state index in [0.717, 1.165) is 42.6 Å². The van der Waals surface area contributed by atoms with Crippen molar-refractivity contribution in [3.63, 3.8) is 0 Å². The highest BCUT2D eigenvalue weighted by Gasteiger charge is 2.32. The Morgan fingerprint density at radius 3 is 2.31 bits per heavy atom. The van der Waals surface area contributed by atoms with Crippen molar-refractivity contribution in [1.29, 1.82) is 0 Å². The van der Waals surface area contributed by atoms with Crippen LogP contribution in [0.5, 0.6) is 5.75 Å². The molecule has 1 fully saturated rings. The van der Waals surface area contributed by atoms with E-state index in [4.69, 9.17) is 4.74 Å². The maximum absolute atomic E-state index is 10.2. The SMILES string of the molecule is Cc1cccc(C)c1OCC1(O)CCCC1. The van der Waals surface area contributed by atoms with Gasteiger partial charge in [-0.25, -0.2) is 0 Å². The number of hydrogen-bond acceptors (Lipinski definition) is 2. The first kappa shape index (κ1) is 11.5. The molecule has 0 heterocycles. The van der Waals surface area contributed by atoms with Crippen LogP contribution < -0.4 is 4.74 Å². The molecule has 0 bridgehead atoms. The Hall–Kier alpha value is -1.02. The highest BCUT2D eigenvalue weighted by molar-refractivity contribution is 5.39. The van der Waals surface area contributed by atoms with Crippen LogP contribution in [0.4, 0.5) is 0 Å². The maximum atomic E-state index is 10.2. The Balaban J connectivity index is 2.04. The number of para-hydroxylation sites is 1. The third-order valence-electron chi connectivity index (χ3n) is 3.43. The Morgan fingerprint density at radius 1 is 1.19 bits per heavy atom. The molecule has 16 heavy (non-hydrogen) atoms. The van der Waals surface area contributed by atoms with Gasteiger partial charge in [-0.1, -0.05) is 31.0 Å². The molecule has 2 heteroatoms. The average Bonchev–Trinajstić information content (AvgIpc) is 2.65. The van der Waals surface area contributed by atoms with E-state index in [0.29, 0.717) is 6.61 Å². The minimum atomic E-state index is -0.589. The van der Waals surface area contributed by atoms with Crippen molar-refractivity contribution in [2.24, 2.45) is 0 Å². The fraction of sp³-hybridized carbons (Fsp3) is 0.571. The first-order valence-electron chi connectivity index (χ1n) is 6.02. The normalized spacial score (nSPS) is 18.7. The number of rotatable bonds is 3. The predicted octanol–water partition coefficient (Wildman–Crippen LogP) is 2.99. The molecule has 0 radical (unpaired) electrons. The zero-order chi connectivity index (χ0) is 11.6. The molecule has 1 aromatic carbocycles. The molecule has 0 amide bonds. The molecular weight excluding hydrogens is 200 g/mol. The minimum absolute atomic E-state index is 0.429. The van der Waals surface area contributed by atoms with Crippen LogP contribution in [-0.2, 0) is 0 Å². The van der Waals surface area contributed by atoms with Gasteiger partial charge in [0.15, 0.2) is 0 Å². The summed E-state index contributed by atoms with van der Waals surface area (Å²) in [5.41, 5.74) is 1.69. The highest BCUT2D eigenvalue weighted by atomic mass is 16.5. The Labute approximate surface area is 97.3 Å². The molecule has 0 aromatic heterocycles. The molecule has 0 aliphatic heterocycles. The molecule has 1 aliphatic carbocycles. The molecule has 2 rings (SSSR count). The van der Waals surface area contributed by atoms with Gasteiger partial charge in [-0.2, -0.15) is 0 Å². The molecule has 1 N–H and O–H groups in total. The topological polar surface area (TPSA) is 29.5 Å².